The molecular weight excluding hydrogens is 250 g/mol. The van der Waals surface area contributed by atoms with Crippen LogP contribution in [0.1, 0.15) is 37.3 Å². The summed E-state index contributed by atoms with van der Waals surface area (Å²) >= 11 is 0. The van der Waals surface area contributed by atoms with Gasteiger partial charge in [-0.05, 0) is 43.2 Å². The standard InChI is InChI=1S/C16H23N3O/c1-3-6-14-9-13(11-17)10-16(18-14)19(4-2)12-15-7-5-8-20-15/h5,7-10H,3-4,6,11-12,17H2,1-2H3. The maximum atomic E-state index is 5.80. The second-order valence-corrected chi connectivity index (χ2v) is 4.87. The van der Waals surface area contributed by atoms with E-state index in [0.29, 0.717) is 6.54 Å². The van der Waals surface area contributed by atoms with E-state index in [1.807, 2.05) is 12.1 Å². The zero-order chi connectivity index (χ0) is 14.4. The molecule has 0 radical (unpaired) electrons. The number of pyridine rings is 1. The van der Waals surface area contributed by atoms with Crippen LogP contribution in [0.5, 0.6) is 0 Å². The average molecular weight is 273 g/mol. The first kappa shape index (κ1) is 14.6. The molecular formula is C16H23N3O. The Labute approximate surface area is 120 Å². The number of aryl methyl sites for hydroxylation is 1. The van der Waals surface area contributed by atoms with Gasteiger partial charge in [0.1, 0.15) is 11.6 Å². The van der Waals surface area contributed by atoms with Crippen LogP contribution in [0, 0.1) is 0 Å². The number of furan rings is 1. The summed E-state index contributed by atoms with van der Waals surface area (Å²) in [5, 5.41) is 0. The van der Waals surface area contributed by atoms with E-state index in [2.05, 4.69) is 30.9 Å². The molecule has 0 saturated carbocycles. The van der Waals surface area contributed by atoms with Gasteiger partial charge < -0.3 is 15.1 Å². The lowest BCUT2D eigenvalue weighted by atomic mass is 10.1. The van der Waals surface area contributed by atoms with E-state index >= 15 is 0 Å². The highest BCUT2D eigenvalue weighted by Gasteiger charge is 2.11. The van der Waals surface area contributed by atoms with Gasteiger partial charge in [0.25, 0.3) is 0 Å². The molecule has 2 aromatic heterocycles. The van der Waals surface area contributed by atoms with Crippen molar-refractivity contribution in [3.63, 3.8) is 0 Å². The summed E-state index contributed by atoms with van der Waals surface area (Å²) in [6.07, 6.45) is 3.78. The Bertz CT molecular complexity index is 523. The van der Waals surface area contributed by atoms with Crippen molar-refractivity contribution in [2.45, 2.75) is 39.8 Å². The Morgan fingerprint density at radius 2 is 2.15 bits per heavy atom. The van der Waals surface area contributed by atoms with Crippen molar-refractivity contribution in [2.24, 2.45) is 5.73 Å². The molecule has 0 saturated heterocycles. The third-order valence-electron chi connectivity index (χ3n) is 3.30. The number of anilines is 1. The van der Waals surface area contributed by atoms with E-state index in [9.17, 15) is 0 Å². The molecule has 0 unspecified atom stereocenters. The Morgan fingerprint density at radius 1 is 1.30 bits per heavy atom. The predicted molar refractivity (Wildman–Crippen MR) is 81.6 cm³/mol. The van der Waals surface area contributed by atoms with E-state index < -0.39 is 0 Å². The summed E-state index contributed by atoms with van der Waals surface area (Å²) in [5.41, 5.74) is 8.05. The largest absolute Gasteiger partial charge is 0.467 e. The van der Waals surface area contributed by atoms with Crippen molar-refractivity contribution in [3.8, 4) is 0 Å². The second kappa shape index (κ2) is 7.10. The van der Waals surface area contributed by atoms with Crippen molar-refractivity contribution < 1.29 is 4.42 Å². The van der Waals surface area contributed by atoms with Crippen molar-refractivity contribution in [2.75, 3.05) is 11.4 Å². The fourth-order valence-corrected chi connectivity index (χ4v) is 2.24. The Hall–Kier alpha value is -1.81. The first-order valence-electron chi connectivity index (χ1n) is 7.24. The van der Waals surface area contributed by atoms with Crippen LogP contribution in [0.4, 0.5) is 5.82 Å². The van der Waals surface area contributed by atoms with Gasteiger partial charge >= 0.3 is 0 Å². The average Bonchev–Trinajstić information content (AvgIpc) is 2.97. The summed E-state index contributed by atoms with van der Waals surface area (Å²) in [6.45, 7) is 6.45. The van der Waals surface area contributed by atoms with Crippen LogP contribution in [-0.4, -0.2) is 11.5 Å². The Morgan fingerprint density at radius 3 is 2.75 bits per heavy atom. The molecule has 0 atom stereocenters. The van der Waals surface area contributed by atoms with E-state index in [1.165, 1.54) is 0 Å². The minimum Gasteiger partial charge on any atom is -0.467 e. The smallest absolute Gasteiger partial charge is 0.129 e. The molecule has 20 heavy (non-hydrogen) atoms. The molecule has 4 heteroatoms. The third kappa shape index (κ3) is 3.61. The molecule has 0 spiro atoms. The van der Waals surface area contributed by atoms with Gasteiger partial charge in [0.15, 0.2) is 0 Å². The molecule has 4 nitrogen and oxygen atoms in total. The Balaban J connectivity index is 2.25. The molecule has 0 aliphatic carbocycles. The van der Waals surface area contributed by atoms with Crippen molar-refractivity contribution >= 4 is 5.82 Å². The number of nitrogens with zero attached hydrogens (tertiary/aromatic N) is 2. The first-order chi connectivity index (χ1) is 9.76. The van der Waals surface area contributed by atoms with Gasteiger partial charge in [0.2, 0.25) is 0 Å². The monoisotopic (exact) mass is 273 g/mol. The lowest BCUT2D eigenvalue weighted by Gasteiger charge is -2.22. The Kier molecular flexibility index (Phi) is 5.18. The van der Waals surface area contributed by atoms with Crippen LogP contribution in [-0.2, 0) is 19.5 Å². The predicted octanol–water partition coefficient (Wildman–Crippen LogP) is 3.11. The van der Waals surface area contributed by atoms with Crippen molar-refractivity contribution in [1.82, 2.24) is 4.98 Å². The van der Waals surface area contributed by atoms with E-state index in [1.54, 1.807) is 6.26 Å². The highest BCUT2D eigenvalue weighted by molar-refractivity contribution is 5.43. The zero-order valence-electron chi connectivity index (χ0n) is 12.3. The van der Waals surface area contributed by atoms with Crippen LogP contribution in [0.25, 0.3) is 0 Å². The zero-order valence-corrected chi connectivity index (χ0v) is 12.3. The van der Waals surface area contributed by atoms with E-state index in [4.69, 9.17) is 15.1 Å². The van der Waals surface area contributed by atoms with Gasteiger partial charge in [-0.1, -0.05) is 13.3 Å². The lowest BCUT2D eigenvalue weighted by Crippen LogP contribution is -2.23. The third-order valence-corrected chi connectivity index (χ3v) is 3.30. The minimum absolute atomic E-state index is 0.546. The van der Waals surface area contributed by atoms with E-state index in [0.717, 1.165) is 48.8 Å². The number of nitrogens with two attached hydrogens (primary N) is 1. The molecule has 0 amide bonds. The SMILES string of the molecule is CCCc1cc(CN)cc(N(CC)Cc2ccco2)n1. The molecule has 0 aliphatic heterocycles. The van der Waals surface area contributed by atoms with Gasteiger partial charge in [-0.3, -0.25) is 0 Å². The molecule has 2 heterocycles. The summed E-state index contributed by atoms with van der Waals surface area (Å²) in [4.78, 5) is 6.96. The van der Waals surface area contributed by atoms with Crippen LogP contribution < -0.4 is 10.6 Å². The molecule has 0 bridgehead atoms. The van der Waals surface area contributed by atoms with Crippen LogP contribution >= 0.6 is 0 Å². The number of rotatable bonds is 7. The second-order valence-electron chi connectivity index (χ2n) is 4.87. The molecule has 108 valence electrons. The highest BCUT2D eigenvalue weighted by atomic mass is 16.3. The first-order valence-corrected chi connectivity index (χ1v) is 7.24. The molecule has 2 N–H and O–H groups in total. The number of hydrogen-bond donors (Lipinski definition) is 1. The van der Waals surface area contributed by atoms with Crippen molar-refractivity contribution in [1.29, 1.82) is 0 Å². The summed E-state index contributed by atoms with van der Waals surface area (Å²) in [5.74, 6) is 1.93. The maximum Gasteiger partial charge on any atom is 0.129 e. The summed E-state index contributed by atoms with van der Waals surface area (Å²) in [6, 6.07) is 8.08. The van der Waals surface area contributed by atoms with Crippen LogP contribution in [0.3, 0.4) is 0 Å². The normalized spacial score (nSPS) is 10.8. The minimum atomic E-state index is 0.546. The summed E-state index contributed by atoms with van der Waals surface area (Å²) < 4.78 is 5.43. The van der Waals surface area contributed by atoms with E-state index in [-0.39, 0.29) is 0 Å². The topological polar surface area (TPSA) is 55.3 Å². The van der Waals surface area contributed by atoms with Gasteiger partial charge in [-0.25, -0.2) is 4.98 Å². The van der Waals surface area contributed by atoms with Gasteiger partial charge in [0.05, 0.1) is 12.8 Å². The van der Waals surface area contributed by atoms with Crippen LogP contribution in [0.2, 0.25) is 0 Å². The maximum absolute atomic E-state index is 5.80. The molecule has 0 aromatic carbocycles. The quantitative estimate of drug-likeness (QED) is 0.842. The molecule has 2 aromatic rings. The van der Waals surface area contributed by atoms with Gasteiger partial charge in [0, 0.05) is 18.8 Å². The lowest BCUT2D eigenvalue weighted by molar-refractivity contribution is 0.502. The highest BCUT2D eigenvalue weighted by Crippen LogP contribution is 2.18. The van der Waals surface area contributed by atoms with Gasteiger partial charge in [-0.2, -0.15) is 0 Å². The molecule has 0 fully saturated rings. The van der Waals surface area contributed by atoms with Crippen LogP contribution in [0.15, 0.2) is 34.9 Å². The number of hydrogen-bond acceptors (Lipinski definition) is 4. The summed E-state index contributed by atoms with van der Waals surface area (Å²) in [7, 11) is 0. The molecule has 2 rings (SSSR count). The fraction of sp³-hybridized carbons (Fsp3) is 0.438. The van der Waals surface area contributed by atoms with Gasteiger partial charge in [-0.15, -0.1) is 0 Å². The number of aromatic nitrogens is 1. The molecule has 0 aliphatic rings. The van der Waals surface area contributed by atoms with Crippen molar-refractivity contribution in [3.05, 3.63) is 47.5 Å². The fourth-order valence-electron chi connectivity index (χ4n) is 2.24.